The van der Waals surface area contributed by atoms with Crippen LogP contribution in [0.1, 0.15) is 36.8 Å². The number of hydrogen-bond acceptors (Lipinski definition) is 5. The van der Waals surface area contributed by atoms with Crippen LogP contribution in [0, 0.1) is 11.3 Å². The highest BCUT2D eigenvalue weighted by Crippen LogP contribution is 2.35. The van der Waals surface area contributed by atoms with Crippen molar-refractivity contribution in [2.45, 2.75) is 37.9 Å². The molecule has 0 aliphatic carbocycles. The number of halogens is 4. The van der Waals surface area contributed by atoms with Crippen LogP contribution in [0.15, 0.2) is 42.5 Å². The van der Waals surface area contributed by atoms with Crippen LogP contribution in [0.3, 0.4) is 0 Å². The third kappa shape index (κ3) is 7.30. The first-order valence-electron chi connectivity index (χ1n) is 12.6. The van der Waals surface area contributed by atoms with Crippen LogP contribution in [0.25, 0.3) is 0 Å². The molecule has 0 unspecified atom stereocenters. The molecule has 0 radical (unpaired) electrons. The molecule has 2 aromatic rings. The second-order valence-electron chi connectivity index (χ2n) is 9.58. The zero-order valence-corrected chi connectivity index (χ0v) is 21.4. The Hall–Kier alpha value is -2.96. The van der Waals surface area contributed by atoms with Crippen LogP contribution in [0.2, 0.25) is 5.02 Å². The molecule has 2 saturated heterocycles. The maximum absolute atomic E-state index is 13.3. The highest BCUT2D eigenvalue weighted by atomic mass is 35.5. The van der Waals surface area contributed by atoms with Gasteiger partial charge in [-0.1, -0.05) is 11.6 Å². The molecule has 2 aliphatic heterocycles. The van der Waals surface area contributed by atoms with Crippen LogP contribution in [0.5, 0.6) is 0 Å². The van der Waals surface area contributed by atoms with Gasteiger partial charge in [-0.25, -0.2) is 0 Å². The summed E-state index contributed by atoms with van der Waals surface area (Å²) in [4.78, 5) is 19.1. The number of piperidine rings is 1. The summed E-state index contributed by atoms with van der Waals surface area (Å²) in [6.07, 6.45) is -1.99. The van der Waals surface area contributed by atoms with Gasteiger partial charge >= 0.3 is 6.18 Å². The van der Waals surface area contributed by atoms with Crippen LogP contribution in [-0.4, -0.2) is 62.7 Å². The summed E-state index contributed by atoms with van der Waals surface area (Å²) < 4.78 is 39.8. The smallest absolute Gasteiger partial charge is 0.371 e. The van der Waals surface area contributed by atoms with Gasteiger partial charge < -0.3 is 15.1 Å². The van der Waals surface area contributed by atoms with Crippen LogP contribution < -0.4 is 15.1 Å². The molecule has 0 bridgehead atoms. The van der Waals surface area contributed by atoms with Gasteiger partial charge in [-0.3, -0.25) is 9.69 Å². The molecule has 198 valence electrons. The highest BCUT2D eigenvalue weighted by Gasteiger charge is 2.34. The van der Waals surface area contributed by atoms with Crippen molar-refractivity contribution in [1.82, 2.24) is 10.2 Å². The number of anilines is 2. The summed E-state index contributed by atoms with van der Waals surface area (Å²) in [6, 6.07) is 13.4. The van der Waals surface area contributed by atoms with E-state index in [1.165, 1.54) is 11.8 Å². The monoisotopic (exact) mass is 533 g/mol. The Morgan fingerprint density at radius 3 is 2.22 bits per heavy atom. The lowest BCUT2D eigenvalue weighted by Gasteiger charge is -2.36. The van der Waals surface area contributed by atoms with Crippen molar-refractivity contribution in [3.63, 3.8) is 0 Å². The van der Waals surface area contributed by atoms with Crippen LogP contribution in [0.4, 0.5) is 24.5 Å². The fourth-order valence-electron chi connectivity index (χ4n) is 4.99. The lowest BCUT2D eigenvalue weighted by atomic mass is 10.0. The number of rotatable bonds is 7. The lowest BCUT2D eigenvalue weighted by Crippen LogP contribution is -2.47. The van der Waals surface area contributed by atoms with Crippen molar-refractivity contribution in [2.75, 3.05) is 55.6 Å². The first-order chi connectivity index (χ1) is 17.7. The Morgan fingerprint density at radius 2 is 1.59 bits per heavy atom. The number of nitrogens with zero attached hydrogens (tertiary/aromatic N) is 4. The molecule has 0 spiro atoms. The van der Waals surface area contributed by atoms with E-state index in [-0.39, 0.29) is 17.5 Å². The fraction of sp³-hybridized carbons (Fsp3) is 0.481. The first kappa shape index (κ1) is 27.1. The molecular formula is C27H31ClF3N5O. The maximum atomic E-state index is 13.3. The molecule has 2 aromatic carbocycles. The minimum atomic E-state index is -4.57. The van der Waals surface area contributed by atoms with Gasteiger partial charge in [0.15, 0.2) is 0 Å². The first-order valence-corrected chi connectivity index (χ1v) is 13.0. The number of hydrogen-bond donors (Lipinski definition) is 1. The van der Waals surface area contributed by atoms with Crippen molar-refractivity contribution < 1.29 is 18.0 Å². The maximum Gasteiger partial charge on any atom is 0.417 e. The number of carbonyl (C=O) groups excluding carboxylic acids is 1. The molecule has 0 atom stereocenters. The number of nitriles is 1. The molecule has 2 heterocycles. The SMILES string of the molecule is N#Cc1ccc(N2CCC(NC(=O)CCCN3CCN(c4ccc(Cl)cc4)CC3)CC2)cc1C(F)(F)F. The second-order valence-corrected chi connectivity index (χ2v) is 10.0. The Kier molecular flexibility index (Phi) is 8.83. The largest absolute Gasteiger partial charge is 0.417 e. The van der Waals surface area contributed by atoms with E-state index in [9.17, 15) is 18.0 Å². The zero-order chi connectivity index (χ0) is 26.4. The van der Waals surface area contributed by atoms with Crippen molar-refractivity contribution >= 4 is 28.9 Å². The topological polar surface area (TPSA) is 62.6 Å². The Morgan fingerprint density at radius 1 is 0.973 bits per heavy atom. The molecule has 1 N–H and O–H groups in total. The van der Waals surface area contributed by atoms with Crippen molar-refractivity contribution in [1.29, 1.82) is 5.26 Å². The standard InChI is InChI=1S/C27H31ClF3N5O/c28-21-4-7-23(8-5-21)36-16-14-34(15-17-36)11-1-2-26(37)33-22-9-12-35(13-10-22)24-6-3-20(19-32)25(18-24)27(29,30)31/h3-8,18,22H,1-2,9-17H2,(H,33,37). The molecule has 2 aliphatic rings. The number of carbonyl (C=O) groups is 1. The molecule has 2 fully saturated rings. The summed E-state index contributed by atoms with van der Waals surface area (Å²) in [5.74, 6) is 0.0241. The van der Waals surface area contributed by atoms with E-state index < -0.39 is 11.7 Å². The second kappa shape index (κ2) is 12.1. The van der Waals surface area contributed by atoms with E-state index >= 15 is 0 Å². The van der Waals surface area contributed by atoms with Crippen LogP contribution in [-0.2, 0) is 11.0 Å². The van der Waals surface area contributed by atoms with Crippen LogP contribution >= 0.6 is 11.6 Å². The zero-order valence-electron chi connectivity index (χ0n) is 20.6. The van der Waals surface area contributed by atoms with Crippen molar-refractivity contribution in [2.24, 2.45) is 0 Å². The number of amides is 1. The number of alkyl halides is 3. The van der Waals surface area contributed by atoms with Gasteiger partial charge in [0.1, 0.15) is 0 Å². The molecule has 1 amide bonds. The normalized spacial score (nSPS) is 17.5. The predicted molar refractivity (Wildman–Crippen MR) is 139 cm³/mol. The third-order valence-corrected chi connectivity index (χ3v) is 7.35. The van der Waals surface area contributed by atoms with Gasteiger partial charge in [-0.2, -0.15) is 18.4 Å². The average Bonchev–Trinajstić information content (AvgIpc) is 2.89. The lowest BCUT2D eigenvalue weighted by molar-refractivity contribution is -0.137. The average molecular weight is 534 g/mol. The van der Waals surface area contributed by atoms with E-state index in [4.69, 9.17) is 16.9 Å². The Labute approximate surface area is 220 Å². The van der Waals surface area contributed by atoms with Crippen molar-refractivity contribution in [3.8, 4) is 6.07 Å². The predicted octanol–water partition coefficient (Wildman–Crippen LogP) is 4.92. The van der Waals surface area contributed by atoms with E-state index in [2.05, 4.69) is 15.1 Å². The van der Waals surface area contributed by atoms with E-state index in [0.29, 0.717) is 38.0 Å². The van der Waals surface area contributed by atoms with E-state index in [1.54, 1.807) is 12.1 Å². The molecular weight excluding hydrogens is 503 g/mol. The summed E-state index contributed by atoms with van der Waals surface area (Å²) in [7, 11) is 0. The molecule has 4 rings (SSSR count). The van der Waals surface area contributed by atoms with Gasteiger partial charge in [0.05, 0.1) is 17.2 Å². The number of benzene rings is 2. The Balaban J connectivity index is 1.15. The molecule has 0 aromatic heterocycles. The molecule has 37 heavy (non-hydrogen) atoms. The fourth-order valence-corrected chi connectivity index (χ4v) is 5.11. The number of piperazine rings is 1. The highest BCUT2D eigenvalue weighted by molar-refractivity contribution is 6.30. The van der Waals surface area contributed by atoms with Gasteiger partial charge in [0.25, 0.3) is 0 Å². The van der Waals surface area contributed by atoms with E-state index in [0.717, 1.165) is 50.2 Å². The van der Waals surface area contributed by atoms with Gasteiger partial charge in [-0.15, -0.1) is 0 Å². The summed E-state index contributed by atoms with van der Waals surface area (Å²) in [6.45, 7) is 5.76. The quantitative estimate of drug-likeness (QED) is 0.547. The molecule has 10 heteroatoms. The summed E-state index contributed by atoms with van der Waals surface area (Å²) >= 11 is 5.97. The minimum Gasteiger partial charge on any atom is -0.371 e. The Bertz CT molecular complexity index is 1100. The summed E-state index contributed by atoms with van der Waals surface area (Å²) in [5, 5.41) is 12.8. The summed E-state index contributed by atoms with van der Waals surface area (Å²) in [5.41, 5.74) is 0.345. The van der Waals surface area contributed by atoms with Crippen molar-refractivity contribution in [3.05, 3.63) is 58.6 Å². The minimum absolute atomic E-state index is 0.0205. The third-order valence-electron chi connectivity index (χ3n) is 7.10. The van der Waals surface area contributed by atoms with E-state index in [1.807, 2.05) is 29.2 Å². The molecule has 0 saturated carbocycles. The number of nitrogens with one attached hydrogen (secondary N) is 1. The van der Waals surface area contributed by atoms with Gasteiger partial charge in [-0.05, 0) is 68.3 Å². The van der Waals surface area contributed by atoms with Gasteiger partial charge in [0.2, 0.25) is 5.91 Å². The van der Waals surface area contributed by atoms with Gasteiger partial charge in [0, 0.05) is 68.1 Å². The molecule has 6 nitrogen and oxygen atoms in total.